The maximum atomic E-state index is 11.5. The fraction of sp³-hybridized carbons (Fsp3) is 0.214. The minimum atomic E-state index is -0.838. The van der Waals surface area contributed by atoms with Crippen LogP contribution in [0.25, 0.3) is 0 Å². The first-order valence-corrected chi connectivity index (χ1v) is 8.03. The summed E-state index contributed by atoms with van der Waals surface area (Å²) < 4.78 is 7.05. The van der Waals surface area contributed by atoms with Gasteiger partial charge in [0.05, 0.1) is 0 Å². The normalized spacial score (nSPS) is 14.7. The molecule has 0 spiro atoms. The number of nitrogens with one attached hydrogen (secondary N) is 1. The third kappa shape index (κ3) is 4.32. The van der Waals surface area contributed by atoms with Crippen molar-refractivity contribution in [1.82, 2.24) is 9.97 Å². The highest BCUT2D eigenvalue weighted by molar-refractivity contribution is 9.10. The number of carbonyl (C=O) groups is 1. The number of anilines is 2. The summed E-state index contributed by atoms with van der Waals surface area (Å²) in [7, 11) is 0. The van der Waals surface area contributed by atoms with Gasteiger partial charge in [0.15, 0.2) is 28.7 Å². The Morgan fingerprint density at radius 2 is 1.83 bits per heavy atom. The Hall–Kier alpha value is -1.87. The van der Waals surface area contributed by atoms with Crippen molar-refractivity contribution in [2.75, 3.05) is 11.1 Å². The molecule has 1 amide bonds. The van der Waals surface area contributed by atoms with Crippen LogP contribution in [-0.4, -0.2) is 26.6 Å². The van der Waals surface area contributed by atoms with Crippen molar-refractivity contribution in [3.63, 3.8) is 0 Å². The molecule has 1 aliphatic rings. The van der Waals surface area contributed by atoms with Crippen LogP contribution in [0, 0.1) is 0 Å². The SMILES string of the molecule is CC1(C)Oc2cc(Br)cnc2NC1=O.Nc1ncc(Br)cc1O. The molecule has 0 aromatic carbocycles. The summed E-state index contributed by atoms with van der Waals surface area (Å²) in [5.41, 5.74) is 4.37. The van der Waals surface area contributed by atoms with Crippen LogP contribution in [0.5, 0.6) is 11.5 Å². The second-order valence-corrected chi connectivity index (χ2v) is 6.96. The van der Waals surface area contributed by atoms with Gasteiger partial charge >= 0.3 is 0 Å². The largest absolute Gasteiger partial charge is 0.504 e. The molecular formula is C14H14Br2N4O3. The van der Waals surface area contributed by atoms with E-state index in [4.69, 9.17) is 15.6 Å². The van der Waals surface area contributed by atoms with E-state index in [2.05, 4.69) is 47.1 Å². The number of amides is 1. The van der Waals surface area contributed by atoms with Crippen LogP contribution in [0.2, 0.25) is 0 Å². The van der Waals surface area contributed by atoms with E-state index >= 15 is 0 Å². The standard InChI is InChI=1S/C9H9BrN2O2.C5H5BrN2O/c1-9(2)8(13)12-7-6(14-9)3-5(10)4-11-7;6-3-1-4(9)5(7)8-2-3/h3-4H,1-2H3,(H,11,12,13);1-2,9H,(H2,7,8). The zero-order chi connectivity index (χ0) is 17.2. The van der Waals surface area contributed by atoms with Gasteiger partial charge in [-0.05, 0) is 57.8 Å². The number of aromatic hydroxyl groups is 1. The number of carbonyl (C=O) groups excluding carboxylic acids is 1. The second kappa shape index (κ2) is 6.71. The molecule has 0 radical (unpaired) electrons. The monoisotopic (exact) mass is 444 g/mol. The van der Waals surface area contributed by atoms with Crippen LogP contribution in [0.4, 0.5) is 11.6 Å². The maximum Gasteiger partial charge on any atom is 0.269 e. The molecule has 7 nitrogen and oxygen atoms in total. The van der Waals surface area contributed by atoms with Gasteiger partial charge in [-0.25, -0.2) is 9.97 Å². The average Bonchev–Trinajstić information content (AvgIpc) is 2.45. The van der Waals surface area contributed by atoms with E-state index in [1.807, 2.05) is 0 Å². The topological polar surface area (TPSA) is 110 Å². The molecule has 1 aliphatic heterocycles. The number of hydrogen-bond acceptors (Lipinski definition) is 6. The second-order valence-electron chi connectivity index (χ2n) is 5.12. The highest BCUT2D eigenvalue weighted by Crippen LogP contribution is 2.33. The number of rotatable bonds is 0. The van der Waals surface area contributed by atoms with Crippen molar-refractivity contribution < 1.29 is 14.6 Å². The van der Waals surface area contributed by atoms with Crippen molar-refractivity contribution in [1.29, 1.82) is 0 Å². The summed E-state index contributed by atoms with van der Waals surface area (Å²) in [6.45, 7) is 3.43. The van der Waals surface area contributed by atoms with Crippen LogP contribution in [-0.2, 0) is 4.79 Å². The summed E-state index contributed by atoms with van der Waals surface area (Å²) >= 11 is 6.41. The quantitative estimate of drug-likeness (QED) is 0.574. The Morgan fingerprint density at radius 1 is 1.22 bits per heavy atom. The number of hydrogen-bond donors (Lipinski definition) is 3. The van der Waals surface area contributed by atoms with Gasteiger partial charge in [-0.3, -0.25) is 4.79 Å². The van der Waals surface area contributed by atoms with Crippen molar-refractivity contribution >= 4 is 49.4 Å². The molecule has 0 saturated carbocycles. The summed E-state index contributed by atoms with van der Waals surface area (Å²) in [5, 5.41) is 11.6. The fourth-order valence-electron chi connectivity index (χ4n) is 1.61. The number of aromatic nitrogens is 2. The fourth-order valence-corrected chi connectivity index (χ4v) is 2.24. The van der Waals surface area contributed by atoms with Gasteiger partial charge in [0.1, 0.15) is 0 Å². The molecule has 3 heterocycles. The number of fused-ring (bicyclic) bond motifs is 1. The Kier molecular flexibility index (Phi) is 5.10. The van der Waals surface area contributed by atoms with Gasteiger partial charge in [0.2, 0.25) is 0 Å². The van der Waals surface area contributed by atoms with Crippen molar-refractivity contribution in [3.8, 4) is 11.5 Å². The predicted molar refractivity (Wildman–Crippen MR) is 93.3 cm³/mol. The Balaban J connectivity index is 0.000000185. The maximum absolute atomic E-state index is 11.5. The lowest BCUT2D eigenvalue weighted by molar-refractivity contribution is -0.129. The van der Waals surface area contributed by atoms with E-state index in [9.17, 15) is 4.79 Å². The average molecular weight is 446 g/mol. The number of nitrogen functional groups attached to an aromatic ring is 1. The number of nitrogens with zero attached hydrogens (tertiary/aromatic N) is 2. The van der Waals surface area contributed by atoms with E-state index in [1.165, 1.54) is 12.3 Å². The summed E-state index contributed by atoms with van der Waals surface area (Å²) in [6.07, 6.45) is 3.13. The molecule has 4 N–H and O–H groups in total. The minimum absolute atomic E-state index is 0.00405. The first kappa shape index (κ1) is 17.5. The third-order valence-corrected chi connectivity index (χ3v) is 3.69. The highest BCUT2D eigenvalue weighted by Gasteiger charge is 2.35. The molecule has 122 valence electrons. The lowest BCUT2D eigenvalue weighted by Gasteiger charge is -2.30. The van der Waals surface area contributed by atoms with Crippen molar-refractivity contribution in [3.05, 3.63) is 33.5 Å². The molecule has 0 fully saturated rings. The van der Waals surface area contributed by atoms with Crippen molar-refractivity contribution in [2.45, 2.75) is 19.4 Å². The molecule has 0 unspecified atom stereocenters. The van der Waals surface area contributed by atoms with E-state index in [-0.39, 0.29) is 17.5 Å². The smallest absolute Gasteiger partial charge is 0.269 e. The zero-order valence-corrected chi connectivity index (χ0v) is 15.5. The highest BCUT2D eigenvalue weighted by atomic mass is 79.9. The van der Waals surface area contributed by atoms with Gasteiger partial charge < -0.3 is 20.9 Å². The van der Waals surface area contributed by atoms with Crippen LogP contribution < -0.4 is 15.8 Å². The molecule has 3 rings (SSSR count). The predicted octanol–water partition coefficient (Wildman–Crippen LogP) is 3.09. The molecular weight excluding hydrogens is 432 g/mol. The van der Waals surface area contributed by atoms with Crippen LogP contribution in [0.1, 0.15) is 13.8 Å². The Labute approximate surface area is 149 Å². The van der Waals surface area contributed by atoms with E-state index in [1.54, 1.807) is 26.1 Å². The lowest BCUT2D eigenvalue weighted by atomic mass is 10.1. The van der Waals surface area contributed by atoms with Gasteiger partial charge in [0.25, 0.3) is 5.91 Å². The molecule has 2 aromatic heterocycles. The molecule has 0 aliphatic carbocycles. The molecule has 0 atom stereocenters. The van der Waals surface area contributed by atoms with Gasteiger partial charge in [-0.2, -0.15) is 0 Å². The van der Waals surface area contributed by atoms with Gasteiger partial charge in [-0.1, -0.05) is 0 Å². The number of halogens is 2. The molecule has 9 heteroatoms. The summed E-state index contributed by atoms with van der Waals surface area (Å²) in [6, 6.07) is 3.27. The first-order chi connectivity index (χ1) is 10.7. The minimum Gasteiger partial charge on any atom is -0.504 e. The van der Waals surface area contributed by atoms with Crippen LogP contribution in [0.15, 0.2) is 33.5 Å². The molecule has 23 heavy (non-hydrogen) atoms. The summed E-state index contributed by atoms with van der Waals surface area (Å²) in [5.74, 6) is 1.03. The van der Waals surface area contributed by atoms with Crippen LogP contribution >= 0.6 is 31.9 Å². The van der Waals surface area contributed by atoms with Crippen molar-refractivity contribution in [2.24, 2.45) is 0 Å². The van der Waals surface area contributed by atoms with E-state index < -0.39 is 5.60 Å². The Bertz CT molecular complexity index is 753. The van der Waals surface area contributed by atoms with E-state index in [0.717, 1.165) is 4.47 Å². The molecule has 2 aromatic rings. The third-order valence-electron chi connectivity index (χ3n) is 2.83. The van der Waals surface area contributed by atoms with E-state index in [0.29, 0.717) is 16.0 Å². The number of nitrogens with two attached hydrogens (primary N) is 1. The van der Waals surface area contributed by atoms with Gasteiger partial charge in [-0.15, -0.1) is 0 Å². The number of ether oxygens (including phenoxy) is 1. The zero-order valence-electron chi connectivity index (χ0n) is 12.3. The first-order valence-electron chi connectivity index (χ1n) is 6.45. The number of pyridine rings is 2. The molecule has 0 saturated heterocycles. The van der Waals surface area contributed by atoms with Gasteiger partial charge in [0, 0.05) is 21.3 Å². The molecule has 0 bridgehead atoms. The summed E-state index contributed by atoms with van der Waals surface area (Å²) in [4.78, 5) is 19.2. The lowest BCUT2D eigenvalue weighted by Crippen LogP contribution is -2.45. The van der Waals surface area contributed by atoms with Crippen LogP contribution in [0.3, 0.4) is 0 Å². The Morgan fingerprint density at radius 3 is 2.43 bits per heavy atom.